The molecule has 0 N–H and O–H groups in total. The second-order valence-electron chi connectivity index (χ2n) is 6.99. The van der Waals surface area contributed by atoms with Crippen molar-refractivity contribution in [1.29, 1.82) is 0 Å². The number of nitrogens with zero attached hydrogens (tertiary/aromatic N) is 1. The fraction of sp³-hybridized carbons (Fsp3) is 0.409. The van der Waals surface area contributed by atoms with Crippen LogP contribution in [0.25, 0.3) is 0 Å². The van der Waals surface area contributed by atoms with Gasteiger partial charge in [0.25, 0.3) is 0 Å². The van der Waals surface area contributed by atoms with E-state index >= 15 is 0 Å². The van der Waals surface area contributed by atoms with Crippen LogP contribution in [-0.2, 0) is 21.4 Å². The summed E-state index contributed by atoms with van der Waals surface area (Å²) in [5.74, 6) is 0.741. The van der Waals surface area contributed by atoms with Gasteiger partial charge in [0.05, 0.1) is 19.1 Å². The van der Waals surface area contributed by atoms with E-state index in [9.17, 15) is 4.79 Å². The van der Waals surface area contributed by atoms with Crippen molar-refractivity contribution in [3.8, 4) is 5.75 Å². The number of methoxy groups -OCH3 is 1. The zero-order chi connectivity index (χ0) is 18.4. The van der Waals surface area contributed by atoms with Crippen molar-refractivity contribution in [2.45, 2.75) is 24.7 Å². The molecule has 0 saturated carbocycles. The van der Waals surface area contributed by atoms with Crippen molar-refractivity contribution in [3.63, 3.8) is 0 Å². The molecule has 0 aromatic heterocycles. The monoisotopic (exact) mass is 353 g/mol. The number of benzene rings is 2. The molecule has 0 atom stereocenters. The van der Waals surface area contributed by atoms with Crippen molar-refractivity contribution in [1.82, 2.24) is 4.90 Å². The number of hydrogen-bond acceptors (Lipinski definition) is 4. The summed E-state index contributed by atoms with van der Waals surface area (Å²) in [7, 11) is 3.76. The number of carbonyl (C=O) groups is 1. The maximum atomic E-state index is 13.1. The first kappa shape index (κ1) is 18.5. The van der Waals surface area contributed by atoms with Gasteiger partial charge >= 0.3 is 5.97 Å². The summed E-state index contributed by atoms with van der Waals surface area (Å²) in [5.41, 5.74) is 1.69. The van der Waals surface area contributed by atoms with Crippen molar-refractivity contribution in [2.24, 2.45) is 0 Å². The van der Waals surface area contributed by atoms with Crippen LogP contribution in [0.3, 0.4) is 0 Å². The highest BCUT2D eigenvalue weighted by Crippen LogP contribution is 2.36. The van der Waals surface area contributed by atoms with Gasteiger partial charge in [0.15, 0.2) is 0 Å². The van der Waals surface area contributed by atoms with Gasteiger partial charge in [0.1, 0.15) is 5.75 Å². The highest BCUT2D eigenvalue weighted by atomic mass is 16.5. The summed E-state index contributed by atoms with van der Waals surface area (Å²) in [6.07, 6.45) is 2.31. The number of esters is 1. The van der Waals surface area contributed by atoms with Gasteiger partial charge in [-0.1, -0.05) is 42.5 Å². The molecule has 3 rings (SSSR count). The van der Waals surface area contributed by atoms with Crippen molar-refractivity contribution in [2.75, 3.05) is 33.9 Å². The van der Waals surface area contributed by atoms with E-state index < -0.39 is 5.41 Å². The predicted octanol–water partition coefficient (Wildman–Crippen LogP) is 3.44. The lowest BCUT2D eigenvalue weighted by molar-refractivity contribution is -0.152. The molecule has 0 unspecified atom stereocenters. The lowest BCUT2D eigenvalue weighted by Crippen LogP contribution is -2.47. The molecular weight excluding hydrogens is 326 g/mol. The molecule has 0 radical (unpaired) electrons. The fourth-order valence-corrected chi connectivity index (χ4v) is 3.56. The second-order valence-corrected chi connectivity index (χ2v) is 6.99. The highest BCUT2D eigenvalue weighted by Gasteiger charge is 2.43. The van der Waals surface area contributed by atoms with Crippen LogP contribution in [-0.4, -0.2) is 44.7 Å². The van der Waals surface area contributed by atoms with Crippen LogP contribution in [0.5, 0.6) is 5.75 Å². The summed E-state index contributed by atoms with van der Waals surface area (Å²) < 4.78 is 10.9. The smallest absolute Gasteiger partial charge is 0.316 e. The number of hydrogen-bond donors (Lipinski definition) is 0. The van der Waals surface area contributed by atoms with Crippen molar-refractivity contribution >= 4 is 5.97 Å². The van der Waals surface area contributed by atoms with Gasteiger partial charge in [-0.2, -0.15) is 0 Å². The van der Waals surface area contributed by atoms with E-state index in [1.54, 1.807) is 7.11 Å². The Labute approximate surface area is 155 Å². The van der Waals surface area contributed by atoms with Gasteiger partial charge < -0.3 is 14.4 Å². The first-order chi connectivity index (χ1) is 12.6. The minimum Gasteiger partial charge on any atom is -0.497 e. The van der Waals surface area contributed by atoms with E-state index in [0.717, 1.165) is 42.8 Å². The molecule has 1 aliphatic rings. The van der Waals surface area contributed by atoms with Gasteiger partial charge in [-0.25, -0.2) is 0 Å². The largest absolute Gasteiger partial charge is 0.497 e. The van der Waals surface area contributed by atoms with Crippen LogP contribution in [0.4, 0.5) is 0 Å². The fourth-order valence-electron chi connectivity index (χ4n) is 3.56. The van der Waals surface area contributed by atoms with E-state index in [1.807, 2.05) is 42.5 Å². The van der Waals surface area contributed by atoms with Crippen molar-refractivity contribution < 1.29 is 14.3 Å². The summed E-state index contributed by atoms with van der Waals surface area (Å²) in [6, 6.07) is 18.0. The molecule has 0 spiro atoms. The second kappa shape index (κ2) is 8.37. The van der Waals surface area contributed by atoms with Crippen LogP contribution in [0, 0.1) is 0 Å². The Balaban J connectivity index is 1.66. The number of rotatable bonds is 6. The van der Waals surface area contributed by atoms with Crippen LogP contribution < -0.4 is 4.74 Å². The molecule has 0 aliphatic carbocycles. The van der Waals surface area contributed by atoms with Gasteiger partial charge in [0, 0.05) is 6.42 Å². The summed E-state index contributed by atoms with van der Waals surface area (Å²) >= 11 is 0. The first-order valence-corrected chi connectivity index (χ1v) is 9.18. The molecule has 1 aliphatic heterocycles. The molecule has 4 nitrogen and oxygen atoms in total. The summed E-state index contributed by atoms with van der Waals surface area (Å²) in [6.45, 7) is 2.21. The predicted molar refractivity (Wildman–Crippen MR) is 103 cm³/mol. The number of carbonyl (C=O) groups excluding carboxylic acids is 1. The SMILES string of the molecule is COc1ccc(CCOC(=O)C2(c3ccccc3)CCN(C)CC2)cc1. The molecule has 2 aromatic rings. The highest BCUT2D eigenvalue weighted by molar-refractivity contribution is 5.83. The molecular formula is C22H27NO3. The van der Waals surface area contributed by atoms with Crippen LogP contribution >= 0.6 is 0 Å². The van der Waals surface area contributed by atoms with E-state index in [2.05, 4.69) is 24.1 Å². The van der Waals surface area contributed by atoms with Crippen LogP contribution in [0.1, 0.15) is 24.0 Å². The Hall–Kier alpha value is -2.33. The molecule has 4 heteroatoms. The molecule has 1 heterocycles. The van der Waals surface area contributed by atoms with E-state index in [1.165, 1.54) is 0 Å². The first-order valence-electron chi connectivity index (χ1n) is 9.18. The molecule has 26 heavy (non-hydrogen) atoms. The van der Waals surface area contributed by atoms with Crippen LogP contribution in [0.2, 0.25) is 0 Å². The lowest BCUT2D eigenvalue weighted by atomic mass is 9.73. The molecule has 1 fully saturated rings. The Kier molecular flexibility index (Phi) is 5.94. The molecule has 138 valence electrons. The third kappa shape index (κ3) is 4.07. The van der Waals surface area contributed by atoms with E-state index in [0.29, 0.717) is 13.0 Å². The number of likely N-dealkylation sites (tertiary alicyclic amines) is 1. The topological polar surface area (TPSA) is 38.8 Å². The minimum absolute atomic E-state index is 0.0923. The third-order valence-corrected chi connectivity index (χ3v) is 5.34. The molecule has 2 aromatic carbocycles. The minimum atomic E-state index is -0.520. The average Bonchev–Trinajstić information content (AvgIpc) is 2.70. The summed E-state index contributed by atoms with van der Waals surface area (Å²) in [4.78, 5) is 15.3. The zero-order valence-corrected chi connectivity index (χ0v) is 15.6. The normalized spacial score (nSPS) is 16.8. The van der Waals surface area contributed by atoms with Gasteiger partial charge in [0.2, 0.25) is 0 Å². The quantitative estimate of drug-likeness (QED) is 0.746. The third-order valence-electron chi connectivity index (χ3n) is 5.34. The lowest BCUT2D eigenvalue weighted by Gasteiger charge is -2.39. The van der Waals surface area contributed by atoms with Gasteiger partial charge in [-0.3, -0.25) is 4.79 Å². The Morgan fingerprint density at radius 1 is 1.04 bits per heavy atom. The number of piperidine rings is 1. The Bertz CT molecular complexity index is 704. The van der Waals surface area contributed by atoms with Crippen LogP contribution in [0.15, 0.2) is 54.6 Å². The molecule has 0 bridgehead atoms. The van der Waals surface area contributed by atoms with Crippen molar-refractivity contribution in [3.05, 3.63) is 65.7 Å². The Morgan fingerprint density at radius 3 is 2.31 bits per heavy atom. The number of ether oxygens (including phenoxy) is 2. The zero-order valence-electron chi connectivity index (χ0n) is 15.6. The maximum absolute atomic E-state index is 13.1. The summed E-state index contributed by atoms with van der Waals surface area (Å²) in [5, 5.41) is 0. The molecule has 1 saturated heterocycles. The Morgan fingerprint density at radius 2 is 1.69 bits per heavy atom. The standard InChI is InChI=1S/C22H27NO3/c1-23-15-13-22(14-16-23,19-6-4-3-5-7-19)21(24)26-17-12-18-8-10-20(25-2)11-9-18/h3-11H,12-17H2,1-2H3. The van der Waals surface area contributed by atoms with Gasteiger partial charge in [-0.15, -0.1) is 0 Å². The van der Waals surface area contributed by atoms with E-state index in [4.69, 9.17) is 9.47 Å². The van der Waals surface area contributed by atoms with Gasteiger partial charge in [-0.05, 0) is 56.2 Å². The molecule has 0 amide bonds. The maximum Gasteiger partial charge on any atom is 0.316 e. The average molecular weight is 353 g/mol. The van der Waals surface area contributed by atoms with E-state index in [-0.39, 0.29) is 5.97 Å².